The average molecular weight is 376 g/mol. The molecule has 3 rings (SSSR count). The third-order valence-electron chi connectivity index (χ3n) is 3.86. The van der Waals surface area contributed by atoms with Gasteiger partial charge in [-0.25, -0.2) is 17.9 Å². The first-order chi connectivity index (χ1) is 12.3. The molecule has 0 saturated heterocycles. The molecule has 2 aromatic carbocycles. The van der Waals surface area contributed by atoms with Gasteiger partial charge >= 0.3 is 5.97 Å². The predicted molar refractivity (Wildman–Crippen MR) is 92.6 cm³/mol. The first kappa shape index (κ1) is 17.9. The van der Waals surface area contributed by atoms with E-state index in [1.807, 2.05) is 0 Å². The zero-order valence-corrected chi connectivity index (χ0v) is 14.5. The Morgan fingerprint density at radius 3 is 2.58 bits per heavy atom. The summed E-state index contributed by atoms with van der Waals surface area (Å²) in [5.41, 5.74) is 1.03. The molecule has 0 saturated carbocycles. The second-order valence-electron chi connectivity index (χ2n) is 5.73. The standard InChI is InChI=1S/C17H16N2O6S/c1-10-16(20)19-14-8-13(6-7-15(14)25-10)26(23,24)18-9-11-2-4-12(5-3-11)17(21)22/h2-8,10,18H,9H2,1H3,(H,19,20)(H,21,22). The molecule has 1 atom stereocenters. The third-order valence-corrected chi connectivity index (χ3v) is 5.26. The maximum atomic E-state index is 12.5. The van der Waals surface area contributed by atoms with Crippen LogP contribution in [0.15, 0.2) is 47.4 Å². The molecule has 3 N–H and O–H groups in total. The van der Waals surface area contributed by atoms with E-state index in [1.54, 1.807) is 6.92 Å². The number of carboxylic acids is 1. The van der Waals surface area contributed by atoms with Crippen LogP contribution >= 0.6 is 0 Å². The third kappa shape index (κ3) is 3.68. The van der Waals surface area contributed by atoms with Gasteiger partial charge in [0.2, 0.25) is 10.0 Å². The van der Waals surface area contributed by atoms with Crippen molar-refractivity contribution in [2.75, 3.05) is 5.32 Å². The topological polar surface area (TPSA) is 122 Å². The molecule has 0 fully saturated rings. The summed E-state index contributed by atoms with van der Waals surface area (Å²) in [4.78, 5) is 22.5. The van der Waals surface area contributed by atoms with Crippen molar-refractivity contribution >= 4 is 27.6 Å². The van der Waals surface area contributed by atoms with Crippen molar-refractivity contribution < 1.29 is 27.9 Å². The smallest absolute Gasteiger partial charge is 0.335 e. The number of hydrogen-bond acceptors (Lipinski definition) is 5. The Labute approximate surface area is 149 Å². The van der Waals surface area contributed by atoms with Crippen LogP contribution < -0.4 is 14.8 Å². The number of carboxylic acid groups (broad SMARTS) is 1. The summed E-state index contributed by atoms with van der Waals surface area (Å²) in [6, 6.07) is 10.1. The Morgan fingerprint density at radius 1 is 1.23 bits per heavy atom. The number of carbonyl (C=O) groups excluding carboxylic acids is 1. The number of amides is 1. The highest BCUT2D eigenvalue weighted by Crippen LogP contribution is 2.31. The van der Waals surface area contributed by atoms with Gasteiger partial charge in [-0.05, 0) is 42.8 Å². The van der Waals surface area contributed by atoms with Gasteiger partial charge in [-0.1, -0.05) is 12.1 Å². The molecule has 1 aliphatic heterocycles. The number of benzene rings is 2. The number of rotatable bonds is 5. The Kier molecular flexibility index (Phi) is 4.66. The van der Waals surface area contributed by atoms with Gasteiger partial charge in [-0.15, -0.1) is 0 Å². The van der Waals surface area contributed by atoms with Crippen molar-refractivity contribution in [1.29, 1.82) is 0 Å². The Bertz CT molecular complexity index is 969. The van der Waals surface area contributed by atoms with Crippen LogP contribution in [-0.2, 0) is 21.4 Å². The number of anilines is 1. The Morgan fingerprint density at radius 2 is 1.92 bits per heavy atom. The molecular weight excluding hydrogens is 360 g/mol. The lowest BCUT2D eigenvalue weighted by atomic mass is 10.1. The molecule has 0 spiro atoms. The van der Waals surface area contributed by atoms with Gasteiger partial charge in [0.15, 0.2) is 6.10 Å². The van der Waals surface area contributed by atoms with Gasteiger partial charge < -0.3 is 15.2 Å². The molecule has 0 bridgehead atoms. The number of nitrogens with one attached hydrogen (secondary N) is 2. The minimum atomic E-state index is -3.82. The van der Waals surface area contributed by atoms with Gasteiger partial charge in [-0.2, -0.15) is 0 Å². The molecule has 136 valence electrons. The number of fused-ring (bicyclic) bond motifs is 1. The summed E-state index contributed by atoms with van der Waals surface area (Å²) in [5.74, 6) is -0.997. The van der Waals surface area contributed by atoms with Crippen LogP contribution in [0.3, 0.4) is 0 Å². The number of hydrogen-bond donors (Lipinski definition) is 3. The van der Waals surface area contributed by atoms with Gasteiger partial charge in [0, 0.05) is 6.54 Å². The second kappa shape index (κ2) is 6.77. The summed E-state index contributed by atoms with van der Waals surface area (Å²) in [5, 5.41) is 11.5. The summed E-state index contributed by atoms with van der Waals surface area (Å²) in [6.07, 6.45) is -0.642. The van der Waals surface area contributed by atoms with E-state index in [2.05, 4.69) is 10.0 Å². The normalized spacial score (nSPS) is 16.3. The molecule has 1 heterocycles. The van der Waals surface area contributed by atoms with Crippen LogP contribution in [0.4, 0.5) is 5.69 Å². The average Bonchev–Trinajstić information content (AvgIpc) is 2.61. The number of ether oxygens (including phenoxy) is 1. The largest absolute Gasteiger partial charge is 0.479 e. The van der Waals surface area contributed by atoms with Gasteiger partial charge in [-0.3, -0.25) is 4.79 Å². The van der Waals surface area contributed by atoms with E-state index in [0.717, 1.165) is 0 Å². The fourth-order valence-electron chi connectivity index (χ4n) is 2.38. The summed E-state index contributed by atoms with van der Waals surface area (Å²) in [7, 11) is -3.82. The first-order valence-electron chi connectivity index (χ1n) is 7.70. The maximum Gasteiger partial charge on any atom is 0.335 e. The van der Waals surface area contributed by atoms with E-state index < -0.39 is 22.1 Å². The van der Waals surface area contributed by atoms with Crippen LogP contribution in [0.1, 0.15) is 22.8 Å². The van der Waals surface area contributed by atoms with Crippen molar-refractivity contribution in [3.63, 3.8) is 0 Å². The zero-order valence-electron chi connectivity index (χ0n) is 13.7. The van der Waals surface area contributed by atoms with Crippen LogP contribution in [-0.4, -0.2) is 31.5 Å². The number of sulfonamides is 1. The van der Waals surface area contributed by atoms with Crippen molar-refractivity contribution in [3.05, 3.63) is 53.6 Å². The number of aromatic carboxylic acids is 1. The molecular formula is C17H16N2O6S. The van der Waals surface area contributed by atoms with Crippen molar-refractivity contribution in [1.82, 2.24) is 4.72 Å². The van der Waals surface area contributed by atoms with Crippen LogP contribution in [0.25, 0.3) is 0 Å². The van der Waals surface area contributed by atoms with Crippen LogP contribution in [0.2, 0.25) is 0 Å². The monoisotopic (exact) mass is 376 g/mol. The molecule has 1 unspecified atom stereocenters. The fraction of sp³-hybridized carbons (Fsp3) is 0.176. The highest BCUT2D eigenvalue weighted by atomic mass is 32.2. The predicted octanol–water partition coefficient (Wildman–Crippen LogP) is 1.58. The highest BCUT2D eigenvalue weighted by molar-refractivity contribution is 7.89. The van der Waals surface area contributed by atoms with E-state index in [-0.39, 0.29) is 22.9 Å². The zero-order chi connectivity index (χ0) is 18.9. The first-order valence-corrected chi connectivity index (χ1v) is 9.18. The molecule has 0 radical (unpaired) electrons. The van der Waals surface area contributed by atoms with Crippen molar-refractivity contribution in [2.45, 2.75) is 24.5 Å². The molecule has 8 nitrogen and oxygen atoms in total. The lowest BCUT2D eigenvalue weighted by Crippen LogP contribution is -2.34. The van der Waals surface area contributed by atoms with E-state index in [9.17, 15) is 18.0 Å². The molecule has 0 aliphatic carbocycles. The van der Waals surface area contributed by atoms with Crippen molar-refractivity contribution in [2.24, 2.45) is 0 Å². The van der Waals surface area contributed by atoms with Crippen molar-refractivity contribution in [3.8, 4) is 5.75 Å². The minimum absolute atomic E-state index is 0.000783. The molecule has 9 heteroatoms. The van der Waals surface area contributed by atoms with Gasteiger partial charge in [0.1, 0.15) is 5.75 Å². The summed E-state index contributed by atoms with van der Waals surface area (Å²) >= 11 is 0. The Balaban J connectivity index is 1.75. The van der Waals surface area contributed by atoms with E-state index in [1.165, 1.54) is 42.5 Å². The minimum Gasteiger partial charge on any atom is -0.479 e. The fourth-order valence-corrected chi connectivity index (χ4v) is 3.43. The maximum absolute atomic E-state index is 12.5. The second-order valence-corrected chi connectivity index (χ2v) is 7.50. The quantitative estimate of drug-likeness (QED) is 0.728. The van der Waals surface area contributed by atoms with E-state index in [0.29, 0.717) is 17.0 Å². The molecule has 0 aromatic heterocycles. The van der Waals surface area contributed by atoms with Gasteiger partial charge in [0.25, 0.3) is 5.91 Å². The highest BCUT2D eigenvalue weighted by Gasteiger charge is 2.25. The molecule has 1 aliphatic rings. The lowest BCUT2D eigenvalue weighted by molar-refractivity contribution is -0.122. The van der Waals surface area contributed by atoms with Gasteiger partial charge in [0.05, 0.1) is 16.1 Å². The summed E-state index contributed by atoms with van der Waals surface area (Å²) in [6.45, 7) is 1.60. The molecule has 2 aromatic rings. The summed E-state index contributed by atoms with van der Waals surface area (Å²) < 4.78 is 32.7. The SMILES string of the molecule is CC1Oc2ccc(S(=O)(=O)NCc3ccc(C(=O)O)cc3)cc2NC1=O. The Hall–Kier alpha value is -2.91. The van der Waals surface area contributed by atoms with Crippen LogP contribution in [0, 0.1) is 0 Å². The number of carbonyl (C=O) groups is 2. The van der Waals surface area contributed by atoms with E-state index in [4.69, 9.17) is 9.84 Å². The molecule has 26 heavy (non-hydrogen) atoms. The lowest BCUT2D eigenvalue weighted by Gasteiger charge is -2.23. The van der Waals surface area contributed by atoms with Crippen LogP contribution in [0.5, 0.6) is 5.75 Å². The van der Waals surface area contributed by atoms with E-state index >= 15 is 0 Å². The molecule has 1 amide bonds.